The molecule has 1 rings (SSSR count). The Morgan fingerprint density at radius 2 is 1.82 bits per heavy atom. The minimum Gasteiger partial charge on any atom is -0.493 e. The number of hydrogen-bond acceptors (Lipinski definition) is 1. The van der Waals surface area contributed by atoms with Gasteiger partial charge < -0.3 is 17.7 Å². The van der Waals surface area contributed by atoms with Crippen LogP contribution in [0.15, 0.2) is 18.2 Å². The summed E-state index contributed by atoms with van der Waals surface area (Å²) in [4.78, 5) is 0. The van der Waals surface area contributed by atoms with Crippen molar-refractivity contribution in [2.45, 2.75) is 20.8 Å². The van der Waals surface area contributed by atoms with Crippen LogP contribution in [-0.2, 0) is 0 Å². The molecule has 0 atom stereocenters. The second kappa shape index (κ2) is 7.19. The van der Waals surface area contributed by atoms with E-state index in [0.717, 1.165) is 6.07 Å². The normalized spacial score (nSPS) is 11.2. The fraction of sp³-hybridized carbons (Fsp3) is 0.455. The standard InChI is InChI=1S/C11H15BF3O.K/c1-8(2)7-16-10-4-5-11(9(3)6-10)12(13,14)15;/h4-6,8H,7H2,1-3H3;/q-1;+1. The van der Waals surface area contributed by atoms with Crippen molar-refractivity contribution in [1.29, 1.82) is 0 Å². The topological polar surface area (TPSA) is 9.23 Å². The summed E-state index contributed by atoms with van der Waals surface area (Å²) in [6.07, 6.45) is 0. The molecule has 0 saturated heterocycles. The van der Waals surface area contributed by atoms with Crippen molar-refractivity contribution >= 4 is 12.4 Å². The van der Waals surface area contributed by atoms with Gasteiger partial charge in [0.1, 0.15) is 5.75 Å². The molecule has 1 aromatic carbocycles. The van der Waals surface area contributed by atoms with E-state index < -0.39 is 12.4 Å². The summed E-state index contributed by atoms with van der Waals surface area (Å²) in [5.74, 6) is 0.849. The number of benzene rings is 1. The first-order valence-corrected chi connectivity index (χ1v) is 5.24. The van der Waals surface area contributed by atoms with Crippen molar-refractivity contribution in [1.82, 2.24) is 0 Å². The molecule has 90 valence electrons. The van der Waals surface area contributed by atoms with E-state index in [0.29, 0.717) is 18.3 Å². The van der Waals surface area contributed by atoms with Crippen LogP contribution in [0.25, 0.3) is 0 Å². The molecule has 6 heteroatoms. The fourth-order valence-corrected chi connectivity index (χ4v) is 1.37. The molecule has 0 N–H and O–H groups in total. The SMILES string of the molecule is Cc1cc(OCC(C)C)ccc1[B-](F)(F)F.[K+]. The zero-order valence-corrected chi connectivity index (χ0v) is 13.8. The van der Waals surface area contributed by atoms with Crippen LogP contribution in [-0.4, -0.2) is 13.6 Å². The van der Waals surface area contributed by atoms with Gasteiger partial charge >= 0.3 is 58.4 Å². The first-order chi connectivity index (χ1) is 7.30. The number of rotatable bonds is 4. The minimum absolute atomic E-state index is 0. The molecular formula is C11H15BF3KO. The number of hydrogen-bond donors (Lipinski definition) is 0. The predicted molar refractivity (Wildman–Crippen MR) is 60.2 cm³/mol. The third kappa shape index (κ3) is 5.79. The van der Waals surface area contributed by atoms with Gasteiger partial charge in [-0.3, -0.25) is 0 Å². The summed E-state index contributed by atoms with van der Waals surface area (Å²) in [5.41, 5.74) is -0.328. The van der Waals surface area contributed by atoms with Crippen LogP contribution in [0.3, 0.4) is 0 Å². The Bertz CT molecular complexity index is 366. The van der Waals surface area contributed by atoms with Gasteiger partial charge in [0.15, 0.2) is 0 Å². The van der Waals surface area contributed by atoms with Gasteiger partial charge in [-0.05, 0) is 25.0 Å². The molecule has 1 nitrogen and oxygen atoms in total. The summed E-state index contributed by atoms with van der Waals surface area (Å²) >= 11 is 0. The van der Waals surface area contributed by atoms with Crippen molar-refractivity contribution in [3.05, 3.63) is 23.8 Å². The summed E-state index contributed by atoms with van der Waals surface area (Å²) in [6, 6.07) is 3.90. The van der Waals surface area contributed by atoms with Crippen LogP contribution in [0.5, 0.6) is 5.75 Å². The van der Waals surface area contributed by atoms with Gasteiger partial charge in [-0.15, -0.1) is 5.46 Å². The molecule has 0 radical (unpaired) electrons. The number of ether oxygens (including phenoxy) is 1. The van der Waals surface area contributed by atoms with Crippen LogP contribution >= 0.6 is 0 Å². The summed E-state index contributed by atoms with van der Waals surface area (Å²) in [7, 11) is 0. The maximum Gasteiger partial charge on any atom is 1.00 e. The van der Waals surface area contributed by atoms with Gasteiger partial charge in [-0.25, -0.2) is 0 Å². The van der Waals surface area contributed by atoms with Crippen molar-refractivity contribution in [2.24, 2.45) is 5.92 Å². The van der Waals surface area contributed by atoms with Crippen LogP contribution in [0.1, 0.15) is 19.4 Å². The van der Waals surface area contributed by atoms with Crippen LogP contribution in [0, 0.1) is 12.8 Å². The van der Waals surface area contributed by atoms with E-state index in [1.54, 1.807) is 0 Å². The second-order valence-electron chi connectivity index (χ2n) is 4.30. The molecule has 0 heterocycles. The maximum atomic E-state index is 12.5. The van der Waals surface area contributed by atoms with Gasteiger partial charge in [0.2, 0.25) is 0 Å². The molecule has 0 spiro atoms. The zero-order valence-electron chi connectivity index (χ0n) is 10.6. The zero-order chi connectivity index (χ0) is 12.3. The molecule has 0 bridgehead atoms. The monoisotopic (exact) mass is 270 g/mol. The van der Waals surface area contributed by atoms with E-state index in [4.69, 9.17) is 4.74 Å². The smallest absolute Gasteiger partial charge is 0.493 e. The van der Waals surface area contributed by atoms with Crippen LogP contribution < -0.4 is 61.6 Å². The number of aryl methyl sites for hydroxylation is 1. The van der Waals surface area contributed by atoms with E-state index in [1.165, 1.54) is 19.1 Å². The molecule has 0 aliphatic heterocycles. The van der Waals surface area contributed by atoms with Crippen molar-refractivity contribution in [3.8, 4) is 5.75 Å². The molecule has 0 amide bonds. The Morgan fingerprint density at radius 1 is 1.24 bits per heavy atom. The average molecular weight is 270 g/mol. The molecular weight excluding hydrogens is 255 g/mol. The van der Waals surface area contributed by atoms with E-state index in [2.05, 4.69) is 0 Å². The van der Waals surface area contributed by atoms with Crippen molar-refractivity contribution in [2.75, 3.05) is 6.61 Å². The maximum absolute atomic E-state index is 12.5. The fourth-order valence-electron chi connectivity index (χ4n) is 1.37. The van der Waals surface area contributed by atoms with E-state index in [-0.39, 0.29) is 56.9 Å². The first kappa shape index (κ1) is 17.5. The van der Waals surface area contributed by atoms with Gasteiger partial charge in [0, 0.05) is 0 Å². The van der Waals surface area contributed by atoms with E-state index in [9.17, 15) is 12.9 Å². The Balaban J connectivity index is 0.00000256. The third-order valence-corrected chi connectivity index (χ3v) is 2.18. The molecule has 17 heavy (non-hydrogen) atoms. The Hall–Kier alpha value is 0.511. The van der Waals surface area contributed by atoms with E-state index in [1.807, 2.05) is 13.8 Å². The van der Waals surface area contributed by atoms with Crippen LogP contribution in [0.2, 0.25) is 0 Å². The molecule has 1 aromatic rings. The third-order valence-electron chi connectivity index (χ3n) is 2.18. The number of halogens is 3. The summed E-state index contributed by atoms with van der Waals surface area (Å²) in [5, 5.41) is 0. The molecule has 0 saturated carbocycles. The Morgan fingerprint density at radius 3 is 2.24 bits per heavy atom. The van der Waals surface area contributed by atoms with E-state index >= 15 is 0 Å². The summed E-state index contributed by atoms with van der Waals surface area (Å²) < 4.78 is 42.9. The van der Waals surface area contributed by atoms with Crippen LogP contribution in [0.4, 0.5) is 12.9 Å². The quantitative estimate of drug-likeness (QED) is 0.705. The van der Waals surface area contributed by atoms with Gasteiger partial charge in [-0.2, -0.15) is 0 Å². The largest absolute Gasteiger partial charge is 1.00 e. The first-order valence-electron chi connectivity index (χ1n) is 5.24. The molecule has 0 aliphatic carbocycles. The van der Waals surface area contributed by atoms with Gasteiger partial charge in [-0.1, -0.05) is 25.5 Å². The van der Waals surface area contributed by atoms with Gasteiger partial charge in [0.25, 0.3) is 0 Å². The van der Waals surface area contributed by atoms with Crippen molar-refractivity contribution < 1.29 is 69.1 Å². The molecule has 0 unspecified atom stereocenters. The van der Waals surface area contributed by atoms with Crippen molar-refractivity contribution in [3.63, 3.8) is 0 Å². The molecule has 0 aliphatic rings. The average Bonchev–Trinajstić information content (AvgIpc) is 2.12. The second-order valence-corrected chi connectivity index (χ2v) is 4.30. The predicted octanol–water partition coefficient (Wildman–Crippen LogP) is 0.0882. The Labute approximate surface area is 143 Å². The molecule has 0 fully saturated rings. The minimum atomic E-state index is -4.93. The van der Waals surface area contributed by atoms with Gasteiger partial charge in [0.05, 0.1) is 6.61 Å². The molecule has 0 aromatic heterocycles. The Kier molecular flexibility index (Phi) is 7.40. The summed E-state index contributed by atoms with van der Waals surface area (Å²) in [6.45, 7) is 1.01.